The first kappa shape index (κ1) is 44.4. The molecule has 2 aliphatic rings. The molecule has 0 amide bonds. The van der Waals surface area contributed by atoms with Crippen molar-refractivity contribution in [3.63, 3.8) is 0 Å². The average Bonchev–Trinajstić information content (AvgIpc) is 3.66. The molecule has 0 radical (unpaired) electrons. The van der Waals surface area contributed by atoms with Crippen LogP contribution in [-0.4, -0.2) is 36.1 Å². The molecule has 0 N–H and O–H groups in total. The summed E-state index contributed by atoms with van der Waals surface area (Å²) < 4.78 is 41.7. The number of halogens is 2. The summed E-state index contributed by atoms with van der Waals surface area (Å²) in [6, 6.07) is 49.2. The van der Waals surface area contributed by atoms with Crippen LogP contribution in [0.5, 0.6) is 0 Å². The topological polar surface area (TPSA) is 69.4 Å². The van der Waals surface area contributed by atoms with Gasteiger partial charge in [-0.1, -0.05) is 176 Å². The Hall–Kier alpha value is -4.72. The fourth-order valence-corrected chi connectivity index (χ4v) is 8.77. The van der Waals surface area contributed by atoms with Crippen LogP contribution in [0.25, 0.3) is 10.8 Å². The van der Waals surface area contributed by atoms with Crippen molar-refractivity contribution in [2.45, 2.75) is 70.4 Å². The average molecular weight is 835 g/mol. The molecule has 0 aromatic heterocycles. The van der Waals surface area contributed by atoms with Crippen LogP contribution in [0.4, 0.5) is 0 Å². The number of rotatable bonds is 6. The maximum Gasteiger partial charge on any atom is 0.343 e. The lowest BCUT2D eigenvalue weighted by atomic mass is 9.69. The molecule has 0 spiro atoms. The van der Waals surface area contributed by atoms with E-state index in [1.807, 2.05) is 60.7 Å². The van der Waals surface area contributed by atoms with E-state index >= 15 is 0 Å². The number of ether oxygens (including phenoxy) is 1. The molecule has 302 valence electrons. The molecule has 0 saturated heterocycles. The minimum absolute atomic E-state index is 0.0959. The van der Waals surface area contributed by atoms with E-state index in [4.69, 9.17) is 27.9 Å². The van der Waals surface area contributed by atoms with Crippen LogP contribution in [0, 0.1) is 25.2 Å². The lowest BCUT2D eigenvalue weighted by molar-refractivity contribution is -0.616. The fourth-order valence-electron chi connectivity index (χ4n) is 7.74. The Balaban J connectivity index is 0.000000185. The zero-order chi connectivity index (χ0) is 41.9. The van der Waals surface area contributed by atoms with Gasteiger partial charge < -0.3 is 9.29 Å². The molecule has 1 unspecified atom stereocenters. The van der Waals surface area contributed by atoms with E-state index < -0.39 is 10.1 Å². The van der Waals surface area contributed by atoms with Crippen molar-refractivity contribution < 1.29 is 22.3 Å². The Morgan fingerprint density at radius 2 is 1.34 bits per heavy atom. The molecule has 0 bridgehead atoms. The summed E-state index contributed by atoms with van der Waals surface area (Å²) in [5, 5.41) is 2.77. The molecular formula is C50H53Cl2NO4S. The third-order valence-electron chi connectivity index (χ3n) is 10.6. The van der Waals surface area contributed by atoms with Gasteiger partial charge in [0.25, 0.3) is 0 Å². The Labute approximate surface area is 355 Å². The molecule has 8 heteroatoms. The number of benzene rings is 6. The quantitative estimate of drug-likeness (QED) is 0.0952. The highest BCUT2D eigenvalue weighted by molar-refractivity contribution is 7.86. The molecule has 2 aliphatic heterocycles. The molecule has 0 saturated carbocycles. The fraction of sp³-hybridized carbons (Fsp3) is 0.260. The van der Waals surface area contributed by atoms with Gasteiger partial charge in [-0.2, -0.15) is 4.58 Å². The first-order chi connectivity index (χ1) is 27.7. The van der Waals surface area contributed by atoms with Crippen molar-refractivity contribution in [1.82, 2.24) is 0 Å². The monoisotopic (exact) mass is 833 g/mol. The molecule has 4 atom stereocenters. The van der Waals surface area contributed by atoms with Gasteiger partial charge in [0.05, 0.1) is 16.2 Å². The smallest absolute Gasteiger partial charge is 0.343 e. The molecule has 0 aliphatic carbocycles. The summed E-state index contributed by atoms with van der Waals surface area (Å²) in [6.45, 7) is 15.8. The molecule has 58 heavy (non-hydrogen) atoms. The Morgan fingerprint density at radius 1 is 0.776 bits per heavy atom. The van der Waals surface area contributed by atoms with Gasteiger partial charge in [-0.3, -0.25) is 0 Å². The molecular weight excluding hydrogens is 782 g/mol. The van der Waals surface area contributed by atoms with E-state index in [9.17, 15) is 13.0 Å². The van der Waals surface area contributed by atoms with Gasteiger partial charge in [0.1, 0.15) is 10.1 Å². The minimum atomic E-state index is -4.38. The van der Waals surface area contributed by atoms with Crippen molar-refractivity contribution in [1.29, 1.82) is 0 Å². The van der Waals surface area contributed by atoms with E-state index in [2.05, 4.69) is 100 Å². The number of hydrogen-bond donors (Lipinski definition) is 0. The van der Waals surface area contributed by atoms with Gasteiger partial charge in [-0.05, 0) is 80.3 Å². The zero-order valence-electron chi connectivity index (χ0n) is 33.9. The normalized spacial score (nSPS) is 19.6. The van der Waals surface area contributed by atoms with Crippen molar-refractivity contribution in [3.05, 3.63) is 197 Å². The molecule has 0 fully saturated rings. The number of allylic oxidation sites excluding steroid dienone is 1. The second-order valence-electron chi connectivity index (χ2n) is 15.5. The van der Waals surface area contributed by atoms with Crippen LogP contribution in [0.1, 0.15) is 67.8 Å². The highest BCUT2D eigenvalue weighted by atomic mass is 35.5. The van der Waals surface area contributed by atoms with E-state index in [0.29, 0.717) is 17.3 Å². The summed E-state index contributed by atoms with van der Waals surface area (Å²) in [7, 11) is -4.38. The number of fused-ring (bicyclic) bond motifs is 1. The SMILES string of the molecule is C=CC[C@@]1(C)C[C@H](c2cccc(Cl)c2)C(c2ccc(Cl)cc2)[N+]2=C1OC[C@@H]2C(C)C.Cc1ccccc1.Cc1ccccc1.O=S(=O)([O-])c1cccc2ccccc12. The molecule has 2 heterocycles. The van der Waals surface area contributed by atoms with Crippen molar-refractivity contribution in [2.24, 2.45) is 11.3 Å². The highest BCUT2D eigenvalue weighted by Crippen LogP contribution is 2.51. The van der Waals surface area contributed by atoms with Gasteiger partial charge in [0.15, 0.2) is 18.7 Å². The van der Waals surface area contributed by atoms with Crippen molar-refractivity contribution in [3.8, 4) is 0 Å². The Bertz CT molecular complexity index is 2360. The van der Waals surface area contributed by atoms with Gasteiger partial charge >= 0.3 is 5.90 Å². The lowest BCUT2D eigenvalue weighted by Crippen LogP contribution is -2.46. The molecule has 6 aromatic rings. The van der Waals surface area contributed by atoms with E-state index in [1.165, 1.54) is 28.3 Å². The second kappa shape index (κ2) is 20.3. The Kier molecular flexibility index (Phi) is 15.5. The molecule has 6 aromatic carbocycles. The number of nitrogens with zero attached hydrogens (tertiary/aromatic N) is 1. The Morgan fingerprint density at radius 3 is 1.88 bits per heavy atom. The minimum Gasteiger partial charge on any atom is -0.744 e. The summed E-state index contributed by atoms with van der Waals surface area (Å²) in [6.07, 6.45) is 3.88. The zero-order valence-corrected chi connectivity index (χ0v) is 36.2. The van der Waals surface area contributed by atoms with Gasteiger partial charge in [-0.25, -0.2) is 8.42 Å². The van der Waals surface area contributed by atoms with E-state index in [1.54, 1.807) is 36.4 Å². The largest absolute Gasteiger partial charge is 0.744 e. The predicted octanol–water partition coefficient (Wildman–Crippen LogP) is 13.0. The maximum absolute atomic E-state index is 10.9. The first-order valence-corrected chi connectivity index (χ1v) is 21.8. The standard InChI is InChI=1S/C26H30Cl2NO.C10H8O3S.2C7H8/c1-5-13-26(4)15-22(19-7-6-8-21(28)14-19)24(18-9-11-20(27)12-10-18)29-23(17(2)3)16-30-25(26)29;11-14(12,13)10-7-3-5-8-4-1-2-6-9(8)10;2*1-7-5-3-2-4-6-7/h5-12,14,17,22-24H,1,13,15-16H2,2-4H3;1-7H,(H,11,12,13);2*2-6H,1H3/q+1;;;/p-1/t22-,23-,24?,26+;;;/m1.../s1. The van der Waals surface area contributed by atoms with Gasteiger partial charge in [-0.15, -0.1) is 6.58 Å². The van der Waals surface area contributed by atoms with E-state index in [0.717, 1.165) is 40.8 Å². The lowest BCUT2D eigenvalue weighted by Gasteiger charge is -2.39. The summed E-state index contributed by atoms with van der Waals surface area (Å²) in [5.74, 6) is 1.87. The highest BCUT2D eigenvalue weighted by Gasteiger charge is 2.57. The van der Waals surface area contributed by atoms with Crippen LogP contribution in [0.3, 0.4) is 0 Å². The van der Waals surface area contributed by atoms with Crippen LogP contribution in [0.15, 0.2) is 169 Å². The molecule has 8 rings (SSSR count). The van der Waals surface area contributed by atoms with Crippen LogP contribution < -0.4 is 0 Å². The maximum atomic E-state index is 10.9. The number of hydrogen-bond acceptors (Lipinski definition) is 4. The number of aryl methyl sites for hydroxylation is 2. The molecule has 5 nitrogen and oxygen atoms in total. The predicted molar refractivity (Wildman–Crippen MR) is 240 cm³/mol. The first-order valence-electron chi connectivity index (χ1n) is 19.6. The van der Waals surface area contributed by atoms with Crippen LogP contribution in [0.2, 0.25) is 10.0 Å². The van der Waals surface area contributed by atoms with Gasteiger partial charge in [0, 0.05) is 21.5 Å². The van der Waals surface area contributed by atoms with Crippen LogP contribution in [-0.2, 0) is 14.9 Å². The van der Waals surface area contributed by atoms with Crippen molar-refractivity contribution >= 4 is 50.0 Å². The third-order valence-corrected chi connectivity index (χ3v) is 12.0. The van der Waals surface area contributed by atoms with E-state index in [-0.39, 0.29) is 22.3 Å². The van der Waals surface area contributed by atoms with Gasteiger partial charge in [0.2, 0.25) is 0 Å². The third kappa shape index (κ3) is 11.5. The summed E-state index contributed by atoms with van der Waals surface area (Å²) in [4.78, 5) is -0.157. The summed E-state index contributed by atoms with van der Waals surface area (Å²) in [5.41, 5.74) is 5.08. The van der Waals surface area contributed by atoms with Crippen LogP contribution >= 0.6 is 23.2 Å². The summed E-state index contributed by atoms with van der Waals surface area (Å²) >= 11 is 12.7. The second-order valence-corrected chi connectivity index (χ2v) is 17.7. The van der Waals surface area contributed by atoms with Crippen molar-refractivity contribution in [2.75, 3.05) is 6.61 Å².